The van der Waals surface area contributed by atoms with E-state index in [1.807, 2.05) is 0 Å². The molecule has 0 radical (unpaired) electrons. The molecule has 0 atom stereocenters. The van der Waals surface area contributed by atoms with Gasteiger partial charge >= 0.3 is 0 Å². The van der Waals surface area contributed by atoms with E-state index in [-0.39, 0.29) is 17.5 Å². The fraction of sp³-hybridized carbons (Fsp3) is 0.500. The molecular weight excluding hydrogens is 219 g/mol. The minimum atomic E-state index is -0.373. The summed E-state index contributed by atoms with van der Waals surface area (Å²) in [7, 11) is 1.46. The molecule has 0 aliphatic heterocycles. The average Bonchev–Trinajstić information content (AvgIpc) is 2.39. The first kappa shape index (κ1) is 12.1. The summed E-state index contributed by atoms with van der Waals surface area (Å²) in [6.07, 6.45) is 5.32. The molecule has 92 valence electrons. The van der Waals surface area contributed by atoms with Crippen LogP contribution in [0.1, 0.15) is 42.5 Å². The van der Waals surface area contributed by atoms with Gasteiger partial charge in [0, 0.05) is 12.0 Å². The van der Waals surface area contributed by atoms with Gasteiger partial charge < -0.3 is 4.74 Å². The summed E-state index contributed by atoms with van der Waals surface area (Å²) >= 11 is 0. The van der Waals surface area contributed by atoms with E-state index < -0.39 is 0 Å². The molecular formula is C14H17FO2. The second-order valence-corrected chi connectivity index (χ2v) is 4.54. The third kappa shape index (κ3) is 2.65. The van der Waals surface area contributed by atoms with Crippen LogP contribution in [0.2, 0.25) is 0 Å². The highest BCUT2D eigenvalue weighted by Gasteiger charge is 2.24. The number of benzene rings is 1. The van der Waals surface area contributed by atoms with Gasteiger partial charge in [0.1, 0.15) is 11.6 Å². The first-order valence-electron chi connectivity index (χ1n) is 6.10. The summed E-state index contributed by atoms with van der Waals surface area (Å²) < 4.78 is 18.1. The summed E-state index contributed by atoms with van der Waals surface area (Å²) in [5.74, 6) is 0.160. The van der Waals surface area contributed by atoms with Gasteiger partial charge in [-0.1, -0.05) is 19.3 Å². The highest BCUT2D eigenvalue weighted by molar-refractivity contribution is 6.00. The normalized spacial score (nSPS) is 16.8. The number of ketones is 1. The lowest BCUT2D eigenvalue weighted by atomic mass is 9.83. The first-order valence-corrected chi connectivity index (χ1v) is 6.10. The van der Waals surface area contributed by atoms with Crippen molar-refractivity contribution in [2.24, 2.45) is 5.92 Å². The Morgan fingerprint density at radius 2 is 2.00 bits per heavy atom. The number of rotatable bonds is 3. The van der Waals surface area contributed by atoms with E-state index in [1.165, 1.54) is 31.7 Å². The van der Waals surface area contributed by atoms with Gasteiger partial charge in [0.25, 0.3) is 0 Å². The van der Waals surface area contributed by atoms with Crippen LogP contribution in [0.4, 0.5) is 4.39 Å². The average molecular weight is 236 g/mol. The van der Waals surface area contributed by atoms with Crippen LogP contribution in [0.15, 0.2) is 18.2 Å². The van der Waals surface area contributed by atoms with E-state index in [4.69, 9.17) is 4.74 Å². The van der Waals surface area contributed by atoms with Crippen molar-refractivity contribution in [2.45, 2.75) is 32.1 Å². The van der Waals surface area contributed by atoms with Gasteiger partial charge in [0.2, 0.25) is 0 Å². The van der Waals surface area contributed by atoms with Crippen LogP contribution in [0.25, 0.3) is 0 Å². The number of carbonyl (C=O) groups is 1. The molecule has 1 aromatic carbocycles. The van der Waals surface area contributed by atoms with Crippen molar-refractivity contribution in [1.29, 1.82) is 0 Å². The molecule has 0 heterocycles. The molecule has 1 fully saturated rings. The summed E-state index contributed by atoms with van der Waals surface area (Å²) in [5, 5.41) is 0. The van der Waals surface area contributed by atoms with Crippen molar-refractivity contribution >= 4 is 5.78 Å². The molecule has 0 amide bonds. The van der Waals surface area contributed by atoms with Crippen LogP contribution in [0, 0.1) is 11.7 Å². The van der Waals surface area contributed by atoms with Crippen molar-refractivity contribution in [3.63, 3.8) is 0 Å². The SMILES string of the molecule is COc1cc(F)ccc1C(=O)C1CCCCC1. The summed E-state index contributed by atoms with van der Waals surface area (Å²) in [5.41, 5.74) is 0.515. The largest absolute Gasteiger partial charge is 0.496 e. The van der Waals surface area contributed by atoms with Gasteiger partial charge in [-0.2, -0.15) is 0 Å². The lowest BCUT2D eigenvalue weighted by Gasteiger charge is -2.21. The van der Waals surface area contributed by atoms with Gasteiger partial charge in [-0.25, -0.2) is 4.39 Å². The molecule has 0 spiro atoms. The number of Topliss-reactive ketones (excluding diaryl/α,β-unsaturated/α-hetero) is 1. The molecule has 1 saturated carbocycles. The van der Waals surface area contributed by atoms with Gasteiger partial charge in [-0.15, -0.1) is 0 Å². The second kappa shape index (κ2) is 5.30. The molecule has 0 N–H and O–H groups in total. The first-order chi connectivity index (χ1) is 8.22. The third-order valence-electron chi connectivity index (χ3n) is 3.40. The van der Waals surface area contributed by atoms with Crippen LogP contribution in [-0.2, 0) is 0 Å². The maximum absolute atomic E-state index is 13.0. The monoisotopic (exact) mass is 236 g/mol. The summed E-state index contributed by atoms with van der Waals surface area (Å²) in [6, 6.07) is 4.12. The summed E-state index contributed by atoms with van der Waals surface area (Å²) in [4.78, 5) is 12.3. The van der Waals surface area contributed by atoms with E-state index in [1.54, 1.807) is 0 Å². The Hall–Kier alpha value is -1.38. The van der Waals surface area contributed by atoms with E-state index in [0.717, 1.165) is 25.7 Å². The Balaban J connectivity index is 2.23. The maximum atomic E-state index is 13.0. The second-order valence-electron chi connectivity index (χ2n) is 4.54. The van der Waals surface area contributed by atoms with Crippen molar-refractivity contribution in [2.75, 3.05) is 7.11 Å². The van der Waals surface area contributed by atoms with E-state index >= 15 is 0 Å². The number of hydrogen-bond acceptors (Lipinski definition) is 2. The van der Waals surface area contributed by atoms with Crippen LogP contribution in [0.5, 0.6) is 5.75 Å². The van der Waals surface area contributed by atoms with E-state index in [0.29, 0.717) is 11.3 Å². The fourth-order valence-electron chi connectivity index (χ4n) is 2.45. The zero-order valence-electron chi connectivity index (χ0n) is 10.0. The summed E-state index contributed by atoms with van der Waals surface area (Å²) in [6.45, 7) is 0. The van der Waals surface area contributed by atoms with Gasteiger partial charge in [0.15, 0.2) is 5.78 Å². The van der Waals surface area contributed by atoms with Crippen LogP contribution >= 0.6 is 0 Å². The predicted octanol–water partition coefficient (Wildman–Crippen LogP) is 3.60. The smallest absolute Gasteiger partial charge is 0.169 e. The number of ether oxygens (including phenoxy) is 1. The third-order valence-corrected chi connectivity index (χ3v) is 3.40. The molecule has 1 aromatic rings. The topological polar surface area (TPSA) is 26.3 Å². The molecule has 0 unspecified atom stereocenters. The molecule has 2 rings (SSSR count). The Morgan fingerprint density at radius 1 is 1.29 bits per heavy atom. The molecule has 2 nitrogen and oxygen atoms in total. The molecule has 1 aliphatic rings. The van der Waals surface area contributed by atoms with Crippen LogP contribution in [-0.4, -0.2) is 12.9 Å². The van der Waals surface area contributed by atoms with Crippen LogP contribution < -0.4 is 4.74 Å². The minimum Gasteiger partial charge on any atom is -0.496 e. The minimum absolute atomic E-state index is 0.0862. The highest BCUT2D eigenvalue weighted by atomic mass is 19.1. The zero-order chi connectivity index (χ0) is 12.3. The van der Waals surface area contributed by atoms with Gasteiger partial charge in [-0.3, -0.25) is 4.79 Å². The lowest BCUT2D eigenvalue weighted by Crippen LogP contribution is -2.18. The quantitative estimate of drug-likeness (QED) is 0.749. The van der Waals surface area contributed by atoms with E-state index in [2.05, 4.69) is 0 Å². The molecule has 17 heavy (non-hydrogen) atoms. The van der Waals surface area contributed by atoms with Gasteiger partial charge in [-0.05, 0) is 25.0 Å². The highest BCUT2D eigenvalue weighted by Crippen LogP contribution is 2.30. The van der Waals surface area contributed by atoms with Crippen molar-refractivity contribution in [1.82, 2.24) is 0 Å². The molecule has 0 aromatic heterocycles. The molecule has 0 saturated heterocycles. The van der Waals surface area contributed by atoms with Crippen LogP contribution in [0.3, 0.4) is 0 Å². The lowest BCUT2D eigenvalue weighted by molar-refractivity contribution is 0.0886. The van der Waals surface area contributed by atoms with E-state index in [9.17, 15) is 9.18 Å². The Morgan fingerprint density at radius 3 is 2.65 bits per heavy atom. The fourth-order valence-corrected chi connectivity index (χ4v) is 2.45. The standard InChI is InChI=1S/C14H17FO2/c1-17-13-9-11(15)7-8-12(13)14(16)10-5-3-2-4-6-10/h7-10H,2-6H2,1H3. The molecule has 1 aliphatic carbocycles. The number of halogens is 1. The zero-order valence-corrected chi connectivity index (χ0v) is 10.0. The Kier molecular flexibility index (Phi) is 3.77. The number of methoxy groups -OCH3 is 1. The predicted molar refractivity (Wildman–Crippen MR) is 63.9 cm³/mol. The van der Waals surface area contributed by atoms with Crippen molar-refractivity contribution in [3.05, 3.63) is 29.6 Å². The molecule has 0 bridgehead atoms. The van der Waals surface area contributed by atoms with Gasteiger partial charge in [0.05, 0.1) is 12.7 Å². The number of carbonyl (C=O) groups excluding carboxylic acids is 1. The Labute approximate surface area is 101 Å². The maximum Gasteiger partial charge on any atom is 0.169 e. The van der Waals surface area contributed by atoms with Crippen molar-refractivity contribution < 1.29 is 13.9 Å². The van der Waals surface area contributed by atoms with Crippen molar-refractivity contribution in [3.8, 4) is 5.75 Å². The number of hydrogen-bond donors (Lipinski definition) is 0. The Bertz CT molecular complexity index is 409. The molecule has 3 heteroatoms.